The first-order chi connectivity index (χ1) is 18.0. The number of rotatable bonds is 3. The summed E-state index contributed by atoms with van der Waals surface area (Å²) < 4.78 is 5.49. The van der Waals surface area contributed by atoms with E-state index in [1.807, 2.05) is 37.3 Å². The maximum atomic E-state index is 14.1. The van der Waals surface area contributed by atoms with Crippen LogP contribution in [0, 0.1) is 11.3 Å². The fourth-order valence-corrected chi connectivity index (χ4v) is 6.76. The van der Waals surface area contributed by atoms with Crippen LogP contribution in [0.2, 0.25) is 0 Å². The van der Waals surface area contributed by atoms with Gasteiger partial charge in [-0.3, -0.25) is 9.59 Å². The van der Waals surface area contributed by atoms with Gasteiger partial charge in [-0.05, 0) is 65.6 Å². The third-order valence-corrected chi connectivity index (χ3v) is 8.33. The number of nitrogens with zero attached hydrogens (tertiary/aromatic N) is 1. The summed E-state index contributed by atoms with van der Waals surface area (Å²) in [6.07, 6.45) is 0. The predicted molar refractivity (Wildman–Crippen MR) is 139 cm³/mol. The van der Waals surface area contributed by atoms with Crippen molar-refractivity contribution in [3.63, 3.8) is 0 Å². The molecule has 1 heterocycles. The van der Waals surface area contributed by atoms with Gasteiger partial charge >= 0.3 is 5.97 Å². The Morgan fingerprint density at radius 3 is 1.86 bits per heavy atom. The Kier molecular flexibility index (Phi) is 4.55. The smallest absolute Gasteiger partial charge is 0.343 e. The minimum atomic E-state index is -0.886. The molecular weight excluding hydrogens is 462 g/mol. The number of hydrogen-bond donors (Lipinski definition) is 0. The van der Waals surface area contributed by atoms with Gasteiger partial charge in [0.1, 0.15) is 5.75 Å². The second kappa shape index (κ2) is 7.74. The average molecular weight is 486 g/mol. The van der Waals surface area contributed by atoms with Gasteiger partial charge in [-0.1, -0.05) is 66.7 Å². The van der Waals surface area contributed by atoms with E-state index in [1.54, 1.807) is 48.5 Å². The minimum Gasteiger partial charge on any atom is -0.423 e. The zero-order valence-corrected chi connectivity index (χ0v) is 20.1. The monoisotopic (exact) mass is 485 g/mol. The molecule has 2 amide bonds. The molecule has 0 unspecified atom stereocenters. The van der Waals surface area contributed by atoms with Crippen LogP contribution >= 0.6 is 0 Å². The number of hydrogen-bond acceptors (Lipinski definition) is 4. The molecule has 5 heteroatoms. The first-order valence-corrected chi connectivity index (χ1v) is 12.4. The highest BCUT2D eigenvalue weighted by molar-refractivity contribution is 6.25. The average Bonchev–Trinajstić information content (AvgIpc) is 3.15. The van der Waals surface area contributed by atoms with Crippen LogP contribution in [0.15, 0.2) is 103 Å². The first kappa shape index (κ1) is 21.7. The highest BCUT2D eigenvalue weighted by Crippen LogP contribution is 2.67. The van der Waals surface area contributed by atoms with Gasteiger partial charge in [-0.15, -0.1) is 0 Å². The molecule has 180 valence electrons. The van der Waals surface area contributed by atoms with E-state index in [4.69, 9.17) is 4.74 Å². The van der Waals surface area contributed by atoms with Crippen LogP contribution in [-0.2, 0) is 9.59 Å². The number of carbonyl (C=O) groups excluding carboxylic acids is 3. The fourth-order valence-electron chi connectivity index (χ4n) is 6.76. The summed E-state index contributed by atoms with van der Waals surface area (Å²) in [5.41, 5.74) is 4.59. The van der Waals surface area contributed by atoms with E-state index in [9.17, 15) is 14.4 Å². The molecule has 4 aliphatic rings. The van der Waals surface area contributed by atoms with Crippen molar-refractivity contribution in [3.05, 3.63) is 131 Å². The maximum absolute atomic E-state index is 14.1. The summed E-state index contributed by atoms with van der Waals surface area (Å²) in [6.45, 7) is 1.96. The molecule has 8 rings (SSSR count). The van der Waals surface area contributed by atoms with Crippen molar-refractivity contribution in [3.8, 4) is 5.75 Å². The zero-order chi connectivity index (χ0) is 25.3. The van der Waals surface area contributed by atoms with Crippen LogP contribution in [-0.4, -0.2) is 17.8 Å². The van der Waals surface area contributed by atoms with Crippen LogP contribution in [0.1, 0.15) is 51.4 Å². The van der Waals surface area contributed by atoms with Gasteiger partial charge in [0.25, 0.3) is 0 Å². The van der Waals surface area contributed by atoms with Crippen molar-refractivity contribution in [1.82, 2.24) is 0 Å². The van der Waals surface area contributed by atoms with Crippen molar-refractivity contribution in [2.24, 2.45) is 11.3 Å². The summed E-state index contributed by atoms with van der Waals surface area (Å²) in [5.74, 6) is -1.33. The topological polar surface area (TPSA) is 63.7 Å². The lowest BCUT2D eigenvalue weighted by atomic mass is 9.48. The van der Waals surface area contributed by atoms with Gasteiger partial charge in [-0.2, -0.15) is 0 Å². The summed E-state index contributed by atoms with van der Waals surface area (Å²) in [5, 5.41) is 0. The molecule has 0 aromatic heterocycles. The Morgan fingerprint density at radius 2 is 1.27 bits per heavy atom. The largest absolute Gasteiger partial charge is 0.423 e. The highest BCUT2D eigenvalue weighted by Gasteiger charge is 2.68. The molecule has 3 aliphatic carbocycles. The molecule has 2 atom stereocenters. The lowest BCUT2D eigenvalue weighted by molar-refractivity contribution is -0.128. The summed E-state index contributed by atoms with van der Waals surface area (Å²) in [6, 6.07) is 31.8. The second-order valence-corrected chi connectivity index (χ2v) is 10.2. The molecule has 2 bridgehead atoms. The Labute approximate surface area is 214 Å². The molecule has 0 radical (unpaired) electrons. The van der Waals surface area contributed by atoms with Gasteiger partial charge in [0, 0.05) is 11.8 Å². The standard InChI is InChI=1S/C32H23NO4/c1-32-27-24-13-7-5-11-22(24)26(23-12-6-8-14-25(23)27)28(32)29(34)33(31(32)36)20-15-17-21(18-16-20)37-30(35)19-9-3-2-4-10-19/h2-18,26-28H,1H3/t26?,27?,28-,32-/m0/s1. The van der Waals surface area contributed by atoms with E-state index in [2.05, 4.69) is 24.3 Å². The number of imide groups is 1. The van der Waals surface area contributed by atoms with Crippen LogP contribution in [0.4, 0.5) is 5.69 Å². The SMILES string of the molecule is C[C@@]12C(=O)N(c3ccc(OC(=O)c4ccccc4)cc3)C(=O)[C@@H]1C1c3ccccc3C2c2ccccc21. The summed E-state index contributed by atoms with van der Waals surface area (Å²) in [4.78, 5) is 41.9. The molecule has 37 heavy (non-hydrogen) atoms. The number of esters is 1. The van der Waals surface area contributed by atoms with Crippen LogP contribution in [0.5, 0.6) is 5.75 Å². The van der Waals surface area contributed by atoms with Gasteiger partial charge in [0.2, 0.25) is 11.8 Å². The zero-order valence-electron chi connectivity index (χ0n) is 20.1. The van der Waals surface area contributed by atoms with Crippen molar-refractivity contribution in [1.29, 1.82) is 0 Å². The van der Waals surface area contributed by atoms with E-state index < -0.39 is 17.3 Å². The van der Waals surface area contributed by atoms with Gasteiger partial charge in [0.15, 0.2) is 0 Å². The molecule has 1 aliphatic heterocycles. The number of amides is 2. The molecule has 0 saturated carbocycles. The Balaban J connectivity index is 1.26. The Morgan fingerprint density at radius 1 is 0.730 bits per heavy atom. The van der Waals surface area contributed by atoms with Crippen molar-refractivity contribution in [2.75, 3.05) is 4.90 Å². The third-order valence-electron chi connectivity index (χ3n) is 8.33. The molecule has 5 nitrogen and oxygen atoms in total. The minimum absolute atomic E-state index is 0.171. The number of ether oxygens (including phenoxy) is 1. The molecule has 1 fully saturated rings. The Bertz CT molecular complexity index is 1550. The van der Waals surface area contributed by atoms with Gasteiger partial charge in [-0.25, -0.2) is 9.69 Å². The number of anilines is 1. The molecule has 0 N–H and O–H groups in total. The highest BCUT2D eigenvalue weighted by atomic mass is 16.5. The third kappa shape index (κ3) is 2.88. The normalized spacial score (nSPS) is 24.9. The lowest BCUT2D eigenvalue weighted by Gasteiger charge is -2.51. The molecule has 0 spiro atoms. The van der Waals surface area contributed by atoms with E-state index in [1.165, 1.54) is 4.90 Å². The van der Waals surface area contributed by atoms with Crippen LogP contribution in [0.25, 0.3) is 0 Å². The second-order valence-electron chi connectivity index (χ2n) is 10.2. The molecular formula is C32H23NO4. The summed E-state index contributed by atoms with van der Waals surface area (Å²) in [7, 11) is 0. The van der Waals surface area contributed by atoms with Crippen molar-refractivity contribution < 1.29 is 19.1 Å². The quantitative estimate of drug-likeness (QED) is 0.212. The van der Waals surface area contributed by atoms with Gasteiger partial charge < -0.3 is 4.74 Å². The van der Waals surface area contributed by atoms with E-state index >= 15 is 0 Å². The van der Waals surface area contributed by atoms with Crippen LogP contribution in [0.3, 0.4) is 0 Å². The lowest BCUT2D eigenvalue weighted by Crippen LogP contribution is -2.49. The van der Waals surface area contributed by atoms with E-state index in [0.717, 1.165) is 22.3 Å². The van der Waals surface area contributed by atoms with Crippen molar-refractivity contribution >= 4 is 23.5 Å². The molecule has 1 saturated heterocycles. The maximum Gasteiger partial charge on any atom is 0.343 e. The Hall–Kier alpha value is -4.51. The first-order valence-electron chi connectivity index (χ1n) is 12.4. The summed E-state index contributed by atoms with van der Waals surface area (Å²) >= 11 is 0. The van der Waals surface area contributed by atoms with Crippen LogP contribution < -0.4 is 9.64 Å². The van der Waals surface area contributed by atoms with Crippen molar-refractivity contribution in [2.45, 2.75) is 18.8 Å². The van der Waals surface area contributed by atoms with E-state index in [0.29, 0.717) is 17.0 Å². The van der Waals surface area contributed by atoms with E-state index in [-0.39, 0.29) is 23.7 Å². The predicted octanol–water partition coefficient (Wildman–Crippen LogP) is 5.69. The van der Waals surface area contributed by atoms with Gasteiger partial charge in [0.05, 0.1) is 22.6 Å². The molecule has 4 aromatic rings. The molecule has 4 aromatic carbocycles. The fraction of sp³-hybridized carbons (Fsp3) is 0.156. The number of carbonyl (C=O) groups is 3. The number of benzene rings is 4.